The van der Waals surface area contributed by atoms with E-state index >= 15 is 0 Å². The van der Waals surface area contributed by atoms with Crippen LogP contribution in [-0.4, -0.2) is 15.8 Å². The molecule has 0 amide bonds. The second kappa shape index (κ2) is 5.30. The molecule has 1 aromatic heterocycles. The van der Waals surface area contributed by atoms with Gasteiger partial charge in [-0.05, 0) is 37.8 Å². The minimum atomic E-state index is 0.283. The predicted octanol–water partition coefficient (Wildman–Crippen LogP) is 3.19. The number of hydrogen-bond donors (Lipinski definition) is 2. The molecule has 1 fully saturated rings. The van der Waals surface area contributed by atoms with Gasteiger partial charge in [0.15, 0.2) is 5.82 Å². The number of rotatable bonds is 4. The molecule has 1 atom stereocenters. The Labute approximate surface area is 128 Å². The molecule has 2 aromatic rings. The van der Waals surface area contributed by atoms with Crippen molar-refractivity contribution in [3.05, 3.63) is 34.9 Å². The summed E-state index contributed by atoms with van der Waals surface area (Å²) >= 11 is 6.18. The summed E-state index contributed by atoms with van der Waals surface area (Å²) in [7, 11) is 0. The predicted molar refractivity (Wildman–Crippen MR) is 83.5 cm³/mol. The largest absolute Gasteiger partial charge is 0.382 e. The van der Waals surface area contributed by atoms with Gasteiger partial charge in [0.2, 0.25) is 0 Å². The Morgan fingerprint density at radius 2 is 2.19 bits per heavy atom. The summed E-state index contributed by atoms with van der Waals surface area (Å²) in [5, 5.41) is 17.6. The number of nitrogens with zero attached hydrogens (tertiary/aromatic N) is 3. The smallest absolute Gasteiger partial charge is 0.168 e. The Kier molecular flexibility index (Phi) is 3.48. The molecule has 108 valence electrons. The van der Waals surface area contributed by atoms with E-state index in [0.29, 0.717) is 33.8 Å². The Hall–Kier alpha value is -2.19. The van der Waals surface area contributed by atoms with E-state index in [-0.39, 0.29) is 6.04 Å². The van der Waals surface area contributed by atoms with Crippen LogP contribution in [-0.2, 0) is 0 Å². The Morgan fingerprint density at radius 3 is 2.81 bits per heavy atom. The average molecular weight is 302 g/mol. The zero-order valence-corrected chi connectivity index (χ0v) is 12.4. The highest BCUT2D eigenvalue weighted by molar-refractivity contribution is 6.32. The third-order valence-electron chi connectivity index (χ3n) is 3.81. The molecule has 0 saturated heterocycles. The first-order valence-electron chi connectivity index (χ1n) is 6.92. The van der Waals surface area contributed by atoms with E-state index in [1.165, 1.54) is 17.5 Å². The number of nitrogen functional groups attached to an aromatic ring is 1. The first-order valence-corrected chi connectivity index (χ1v) is 7.29. The van der Waals surface area contributed by atoms with Crippen molar-refractivity contribution in [3.8, 4) is 11.8 Å². The fourth-order valence-electron chi connectivity index (χ4n) is 2.38. The summed E-state index contributed by atoms with van der Waals surface area (Å²) in [5.41, 5.74) is 7.09. The van der Waals surface area contributed by atoms with Gasteiger partial charge in [-0.2, -0.15) is 5.26 Å². The van der Waals surface area contributed by atoms with Gasteiger partial charge in [0, 0.05) is 6.04 Å². The molecule has 1 unspecified atom stereocenters. The van der Waals surface area contributed by atoms with Crippen molar-refractivity contribution in [2.24, 2.45) is 5.92 Å². The van der Waals surface area contributed by atoms with Crippen molar-refractivity contribution in [3.63, 3.8) is 0 Å². The maximum absolute atomic E-state index is 9.34. The van der Waals surface area contributed by atoms with Gasteiger partial charge in [-0.3, -0.25) is 0 Å². The van der Waals surface area contributed by atoms with Crippen LogP contribution in [0.15, 0.2) is 24.3 Å². The van der Waals surface area contributed by atoms with Gasteiger partial charge >= 0.3 is 0 Å². The molecular weight excluding hydrogens is 286 g/mol. The number of nitrogens with two attached hydrogens (primary N) is 1. The van der Waals surface area contributed by atoms with E-state index in [9.17, 15) is 5.26 Å². The van der Waals surface area contributed by atoms with Crippen molar-refractivity contribution in [2.75, 3.05) is 11.1 Å². The molecule has 1 aromatic carbocycles. The molecule has 0 radical (unpaired) electrons. The van der Waals surface area contributed by atoms with Crippen LogP contribution in [0.3, 0.4) is 0 Å². The van der Waals surface area contributed by atoms with Gasteiger partial charge in [-0.25, -0.2) is 4.68 Å². The van der Waals surface area contributed by atoms with Crippen molar-refractivity contribution < 1.29 is 0 Å². The number of nitrogens with one attached hydrogen (secondary N) is 1. The summed E-state index contributed by atoms with van der Waals surface area (Å²) in [6, 6.07) is 9.69. The lowest BCUT2D eigenvalue weighted by atomic mass is 10.2. The Bertz CT molecular complexity index is 711. The summed E-state index contributed by atoms with van der Waals surface area (Å²) < 4.78 is 1.52. The van der Waals surface area contributed by atoms with E-state index in [1.807, 2.05) is 18.2 Å². The van der Waals surface area contributed by atoms with Crippen LogP contribution in [0.1, 0.15) is 25.3 Å². The summed E-state index contributed by atoms with van der Waals surface area (Å²) in [5.74, 6) is 1.48. The molecule has 5 nitrogen and oxygen atoms in total. The fourth-order valence-corrected chi connectivity index (χ4v) is 2.59. The number of hydrogen-bond acceptors (Lipinski definition) is 4. The number of nitriles is 1. The molecular formula is C15H16ClN5. The van der Waals surface area contributed by atoms with Gasteiger partial charge in [-0.1, -0.05) is 23.7 Å². The first-order chi connectivity index (χ1) is 10.1. The topological polar surface area (TPSA) is 79.7 Å². The van der Waals surface area contributed by atoms with Crippen LogP contribution in [0.2, 0.25) is 5.02 Å². The van der Waals surface area contributed by atoms with Crippen LogP contribution in [0.4, 0.5) is 11.6 Å². The average Bonchev–Trinajstić information content (AvgIpc) is 3.26. The van der Waals surface area contributed by atoms with Crippen LogP contribution in [0.5, 0.6) is 0 Å². The maximum Gasteiger partial charge on any atom is 0.168 e. The van der Waals surface area contributed by atoms with Crippen LogP contribution in [0, 0.1) is 17.2 Å². The summed E-state index contributed by atoms with van der Waals surface area (Å²) in [6.07, 6.45) is 2.44. The quantitative estimate of drug-likeness (QED) is 0.909. The minimum Gasteiger partial charge on any atom is -0.382 e. The summed E-state index contributed by atoms with van der Waals surface area (Å²) in [4.78, 5) is 0. The number of halogens is 1. The number of anilines is 2. The van der Waals surface area contributed by atoms with Crippen molar-refractivity contribution >= 4 is 23.2 Å². The molecule has 1 saturated carbocycles. The van der Waals surface area contributed by atoms with Crippen molar-refractivity contribution in [1.29, 1.82) is 5.26 Å². The van der Waals surface area contributed by atoms with Gasteiger partial charge in [0.25, 0.3) is 0 Å². The highest BCUT2D eigenvalue weighted by Gasteiger charge is 2.29. The lowest BCUT2D eigenvalue weighted by Gasteiger charge is -2.11. The lowest BCUT2D eigenvalue weighted by Crippen LogP contribution is -2.18. The zero-order chi connectivity index (χ0) is 15.0. The van der Waals surface area contributed by atoms with E-state index < -0.39 is 0 Å². The van der Waals surface area contributed by atoms with E-state index in [1.54, 1.807) is 6.07 Å². The number of para-hydroxylation sites is 1. The fraction of sp³-hybridized carbons (Fsp3) is 0.333. The van der Waals surface area contributed by atoms with Gasteiger partial charge in [-0.15, -0.1) is 5.10 Å². The van der Waals surface area contributed by atoms with E-state index in [4.69, 9.17) is 17.3 Å². The summed E-state index contributed by atoms with van der Waals surface area (Å²) in [6.45, 7) is 2.10. The van der Waals surface area contributed by atoms with Crippen molar-refractivity contribution in [2.45, 2.75) is 25.8 Å². The molecule has 1 heterocycles. The van der Waals surface area contributed by atoms with Gasteiger partial charge in [0.05, 0.1) is 10.7 Å². The lowest BCUT2D eigenvalue weighted by molar-refractivity contribution is 0.687. The first kappa shape index (κ1) is 13.8. The number of aromatic nitrogens is 2. The normalized spacial score (nSPS) is 15.5. The molecule has 0 aliphatic heterocycles. The standard InChI is InChI=1S/C15H16ClN5/c1-9(10-6-7-10)19-15-11(8-17)14(18)21(20-15)13-5-3-2-4-12(13)16/h2-5,9-10H,6-7,18H2,1H3,(H,19,20). The highest BCUT2D eigenvalue weighted by Crippen LogP contribution is 2.35. The highest BCUT2D eigenvalue weighted by atomic mass is 35.5. The molecule has 0 spiro atoms. The minimum absolute atomic E-state index is 0.283. The molecule has 6 heteroatoms. The third-order valence-corrected chi connectivity index (χ3v) is 4.13. The molecule has 3 rings (SSSR count). The monoisotopic (exact) mass is 301 g/mol. The maximum atomic E-state index is 9.34. The van der Waals surface area contributed by atoms with Crippen LogP contribution in [0.25, 0.3) is 5.69 Å². The van der Waals surface area contributed by atoms with Crippen molar-refractivity contribution in [1.82, 2.24) is 9.78 Å². The van der Waals surface area contributed by atoms with E-state index in [2.05, 4.69) is 23.4 Å². The third kappa shape index (κ3) is 2.55. The van der Waals surface area contributed by atoms with Gasteiger partial charge < -0.3 is 11.1 Å². The molecule has 0 bridgehead atoms. The molecule has 1 aliphatic rings. The Morgan fingerprint density at radius 1 is 1.48 bits per heavy atom. The zero-order valence-electron chi connectivity index (χ0n) is 11.7. The molecule has 1 aliphatic carbocycles. The Balaban J connectivity index is 2.01. The van der Waals surface area contributed by atoms with Gasteiger partial charge in [0.1, 0.15) is 17.5 Å². The number of benzene rings is 1. The molecule has 21 heavy (non-hydrogen) atoms. The van der Waals surface area contributed by atoms with Crippen LogP contribution >= 0.6 is 11.6 Å². The van der Waals surface area contributed by atoms with Crippen LogP contribution < -0.4 is 11.1 Å². The van der Waals surface area contributed by atoms with E-state index in [0.717, 1.165) is 0 Å². The molecule has 3 N–H and O–H groups in total. The second-order valence-corrected chi connectivity index (χ2v) is 5.76. The second-order valence-electron chi connectivity index (χ2n) is 5.35. The SMILES string of the molecule is CC(Nc1nn(-c2ccccc2Cl)c(N)c1C#N)C1CC1.